The van der Waals surface area contributed by atoms with Gasteiger partial charge in [0.1, 0.15) is 11.9 Å². The first-order valence-corrected chi connectivity index (χ1v) is 11.1. The number of amides is 1. The quantitative estimate of drug-likeness (QED) is 0.540. The monoisotopic (exact) mass is 443 g/mol. The molecule has 0 bridgehead atoms. The van der Waals surface area contributed by atoms with Crippen molar-refractivity contribution < 1.29 is 9.53 Å². The van der Waals surface area contributed by atoms with E-state index in [4.69, 9.17) is 4.74 Å². The SMILES string of the molecule is C=C1Cc2cc(NC(=O)c3ccncc3)ccc2O[C@@H](CNCc2ccncc2)[C@H](C)CN1. The number of benzene rings is 1. The Morgan fingerprint density at radius 1 is 1.12 bits per heavy atom. The molecular weight excluding hydrogens is 414 g/mol. The van der Waals surface area contributed by atoms with Crippen LogP contribution in [0, 0.1) is 5.92 Å². The van der Waals surface area contributed by atoms with Crippen molar-refractivity contribution in [3.05, 3.63) is 96.2 Å². The number of allylic oxidation sites excluding steroid dienone is 1. The maximum atomic E-state index is 12.5. The summed E-state index contributed by atoms with van der Waals surface area (Å²) < 4.78 is 6.48. The number of anilines is 1. The van der Waals surface area contributed by atoms with E-state index >= 15 is 0 Å². The molecule has 3 heterocycles. The predicted octanol–water partition coefficient (Wildman–Crippen LogP) is 3.56. The van der Waals surface area contributed by atoms with Crippen molar-refractivity contribution in [2.24, 2.45) is 5.92 Å². The Labute approximate surface area is 194 Å². The number of hydrogen-bond acceptors (Lipinski definition) is 6. The van der Waals surface area contributed by atoms with Crippen molar-refractivity contribution in [3.63, 3.8) is 0 Å². The Morgan fingerprint density at radius 2 is 1.85 bits per heavy atom. The first kappa shape index (κ1) is 22.5. The van der Waals surface area contributed by atoms with E-state index in [1.54, 1.807) is 36.9 Å². The summed E-state index contributed by atoms with van der Waals surface area (Å²) in [6, 6.07) is 13.1. The van der Waals surface area contributed by atoms with Gasteiger partial charge in [0.15, 0.2) is 0 Å². The van der Waals surface area contributed by atoms with Crippen LogP contribution in [0.25, 0.3) is 0 Å². The lowest BCUT2D eigenvalue weighted by Crippen LogP contribution is -2.39. The Bertz CT molecular complexity index is 1090. The van der Waals surface area contributed by atoms with Crippen molar-refractivity contribution in [2.75, 3.05) is 18.4 Å². The highest BCUT2D eigenvalue weighted by atomic mass is 16.5. The van der Waals surface area contributed by atoms with Crippen molar-refractivity contribution in [2.45, 2.75) is 26.0 Å². The topological polar surface area (TPSA) is 88.2 Å². The molecule has 1 aliphatic heterocycles. The van der Waals surface area contributed by atoms with Gasteiger partial charge in [-0.3, -0.25) is 14.8 Å². The number of carbonyl (C=O) groups excluding carboxylic acids is 1. The molecule has 7 nitrogen and oxygen atoms in total. The number of aromatic nitrogens is 2. The molecule has 1 amide bonds. The van der Waals surface area contributed by atoms with Crippen LogP contribution in [0.15, 0.2) is 79.5 Å². The van der Waals surface area contributed by atoms with Gasteiger partial charge in [0.25, 0.3) is 5.91 Å². The zero-order valence-corrected chi connectivity index (χ0v) is 18.8. The van der Waals surface area contributed by atoms with Crippen molar-refractivity contribution in [3.8, 4) is 5.75 Å². The van der Waals surface area contributed by atoms with Crippen LogP contribution in [0.5, 0.6) is 5.75 Å². The minimum Gasteiger partial charge on any atom is -0.488 e. The third-order valence-corrected chi connectivity index (χ3v) is 5.68. The molecule has 2 atom stereocenters. The average molecular weight is 444 g/mol. The Hall–Kier alpha value is -3.71. The summed E-state index contributed by atoms with van der Waals surface area (Å²) >= 11 is 0. The van der Waals surface area contributed by atoms with E-state index in [-0.39, 0.29) is 17.9 Å². The molecule has 3 N–H and O–H groups in total. The van der Waals surface area contributed by atoms with E-state index in [1.165, 1.54) is 5.56 Å². The molecule has 1 aromatic carbocycles. The van der Waals surface area contributed by atoms with Gasteiger partial charge < -0.3 is 20.7 Å². The Balaban J connectivity index is 1.48. The van der Waals surface area contributed by atoms with Crippen molar-refractivity contribution in [1.82, 2.24) is 20.6 Å². The summed E-state index contributed by atoms with van der Waals surface area (Å²) in [5.41, 5.74) is 4.36. The summed E-state index contributed by atoms with van der Waals surface area (Å²) in [6.07, 6.45) is 7.40. The number of nitrogens with zero attached hydrogens (tertiary/aromatic N) is 2. The molecule has 170 valence electrons. The summed E-state index contributed by atoms with van der Waals surface area (Å²) in [6.45, 7) is 8.58. The Morgan fingerprint density at radius 3 is 2.61 bits per heavy atom. The van der Waals surface area contributed by atoms with Crippen molar-refractivity contribution in [1.29, 1.82) is 0 Å². The fourth-order valence-corrected chi connectivity index (χ4v) is 3.73. The summed E-state index contributed by atoms with van der Waals surface area (Å²) in [7, 11) is 0. The fourth-order valence-electron chi connectivity index (χ4n) is 3.73. The molecular formula is C26H29N5O2. The molecule has 0 aliphatic carbocycles. The largest absolute Gasteiger partial charge is 0.488 e. The lowest BCUT2D eigenvalue weighted by molar-refractivity contribution is 0.102. The lowest BCUT2D eigenvalue weighted by atomic mass is 10.0. The molecule has 0 spiro atoms. The van der Waals surface area contributed by atoms with Crippen LogP contribution in [0.4, 0.5) is 5.69 Å². The molecule has 1 aliphatic rings. The second kappa shape index (κ2) is 10.7. The smallest absolute Gasteiger partial charge is 0.255 e. The minimum absolute atomic E-state index is 0.0266. The molecule has 33 heavy (non-hydrogen) atoms. The van der Waals surface area contributed by atoms with Crippen LogP contribution in [0.2, 0.25) is 0 Å². The van der Waals surface area contributed by atoms with E-state index in [0.29, 0.717) is 24.2 Å². The standard InChI is InChI=1S/C26H29N5O2/c1-18-15-30-19(2)13-22-14-23(31-26(32)21-7-11-28-12-8-21)3-4-24(22)33-25(18)17-29-16-20-5-9-27-10-6-20/h3-12,14,18,25,29-30H,2,13,15-17H2,1H3,(H,31,32)/t18-,25+/m1/s1. The van der Waals surface area contributed by atoms with Gasteiger partial charge in [0, 0.05) is 79.3 Å². The molecule has 3 aromatic rings. The molecule has 0 saturated heterocycles. The first-order chi connectivity index (χ1) is 16.1. The van der Waals surface area contributed by atoms with E-state index in [1.807, 2.05) is 30.3 Å². The summed E-state index contributed by atoms with van der Waals surface area (Å²) in [5, 5.41) is 9.89. The fraction of sp³-hybridized carbons (Fsp3) is 0.269. The highest BCUT2D eigenvalue weighted by Crippen LogP contribution is 2.28. The lowest BCUT2D eigenvalue weighted by Gasteiger charge is -2.26. The highest BCUT2D eigenvalue weighted by molar-refractivity contribution is 6.04. The van der Waals surface area contributed by atoms with Gasteiger partial charge in [0.05, 0.1) is 0 Å². The maximum Gasteiger partial charge on any atom is 0.255 e. The van der Waals surface area contributed by atoms with Crippen LogP contribution >= 0.6 is 0 Å². The second-order valence-electron chi connectivity index (χ2n) is 8.29. The zero-order valence-electron chi connectivity index (χ0n) is 18.8. The maximum absolute atomic E-state index is 12.5. The van der Waals surface area contributed by atoms with E-state index in [0.717, 1.165) is 30.1 Å². The zero-order chi connectivity index (χ0) is 23.0. The van der Waals surface area contributed by atoms with Crippen LogP contribution in [0.3, 0.4) is 0 Å². The number of carbonyl (C=O) groups is 1. The van der Waals surface area contributed by atoms with Gasteiger partial charge in [0.2, 0.25) is 0 Å². The first-order valence-electron chi connectivity index (χ1n) is 11.1. The van der Waals surface area contributed by atoms with E-state index < -0.39 is 0 Å². The number of rotatable bonds is 6. The van der Waals surface area contributed by atoms with E-state index in [9.17, 15) is 4.79 Å². The van der Waals surface area contributed by atoms with Crippen molar-refractivity contribution >= 4 is 11.6 Å². The molecule has 0 radical (unpaired) electrons. The minimum atomic E-state index is -0.176. The Kier molecular flexibility index (Phi) is 7.32. The molecule has 0 fully saturated rings. The highest BCUT2D eigenvalue weighted by Gasteiger charge is 2.23. The molecule has 7 heteroatoms. The number of nitrogens with one attached hydrogen (secondary N) is 3. The summed E-state index contributed by atoms with van der Waals surface area (Å²) in [4.78, 5) is 20.6. The summed E-state index contributed by atoms with van der Waals surface area (Å²) in [5.74, 6) is 0.901. The normalized spacial score (nSPS) is 18.0. The van der Waals surface area contributed by atoms with Crippen LogP contribution in [-0.2, 0) is 13.0 Å². The van der Waals surface area contributed by atoms with Crippen LogP contribution in [-0.4, -0.2) is 35.1 Å². The second-order valence-corrected chi connectivity index (χ2v) is 8.29. The van der Waals surface area contributed by atoms with E-state index in [2.05, 4.69) is 39.4 Å². The van der Waals surface area contributed by atoms with Gasteiger partial charge in [-0.05, 0) is 48.0 Å². The van der Waals surface area contributed by atoms with Crippen LogP contribution in [0.1, 0.15) is 28.4 Å². The van der Waals surface area contributed by atoms with Gasteiger partial charge >= 0.3 is 0 Å². The van der Waals surface area contributed by atoms with Gasteiger partial charge in [-0.25, -0.2) is 0 Å². The number of pyridine rings is 2. The molecule has 4 rings (SSSR count). The number of ether oxygens (including phenoxy) is 1. The molecule has 0 saturated carbocycles. The van der Waals surface area contributed by atoms with Gasteiger partial charge in [-0.2, -0.15) is 0 Å². The third kappa shape index (κ3) is 6.17. The van der Waals surface area contributed by atoms with Gasteiger partial charge in [-0.1, -0.05) is 13.5 Å². The predicted molar refractivity (Wildman–Crippen MR) is 129 cm³/mol. The number of fused-ring (bicyclic) bond motifs is 1. The molecule has 0 unspecified atom stereocenters. The molecule has 2 aromatic heterocycles. The van der Waals surface area contributed by atoms with Crippen LogP contribution < -0.4 is 20.7 Å². The average Bonchev–Trinajstić information content (AvgIpc) is 2.89. The third-order valence-electron chi connectivity index (χ3n) is 5.68. The number of hydrogen-bond donors (Lipinski definition) is 3. The van der Waals surface area contributed by atoms with Gasteiger partial charge in [-0.15, -0.1) is 0 Å².